The van der Waals surface area contributed by atoms with Crippen LogP contribution in [0.15, 0.2) is 42.7 Å². The molecule has 4 heteroatoms. The van der Waals surface area contributed by atoms with Gasteiger partial charge in [-0.1, -0.05) is 30.3 Å². The molecule has 1 aliphatic rings. The molecular formula is C18H25N3O. The highest BCUT2D eigenvalue weighted by Gasteiger charge is 2.21. The van der Waals surface area contributed by atoms with Gasteiger partial charge in [-0.3, -0.25) is 4.90 Å². The zero-order valence-electron chi connectivity index (χ0n) is 13.3. The SMILES string of the molecule is Cn1ccnc1CN1CCO[C@@H](CCCc2ccccc2)C1. The molecule has 1 aromatic heterocycles. The summed E-state index contributed by atoms with van der Waals surface area (Å²) in [5, 5.41) is 0. The van der Waals surface area contributed by atoms with Crippen molar-refractivity contribution in [1.82, 2.24) is 14.5 Å². The van der Waals surface area contributed by atoms with Crippen LogP contribution in [0.1, 0.15) is 24.2 Å². The van der Waals surface area contributed by atoms with Gasteiger partial charge in [0.25, 0.3) is 0 Å². The number of ether oxygens (including phenoxy) is 1. The Labute approximate surface area is 132 Å². The fourth-order valence-electron chi connectivity index (χ4n) is 3.03. The first-order valence-corrected chi connectivity index (χ1v) is 8.15. The molecule has 4 nitrogen and oxygen atoms in total. The van der Waals surface area contributed by atoms with Crippen molar-refractivity contribution in [3.05, 3.63) is 54.1 Å². The number of benzene rings is 1. The summed E-state index contributed by atoms with van der Waals surface area (Å²) in [6.07, 6.45) is 7.69. The van der Waals surface area contributed by atoms with Gasteiger partial charge in [-0.15, -0.1) is 0 Å². The van der Waals surface area contributed by atoms with Crippen molar-refractivity contribution in [2.24, 2.45) is 7.05 Å². The van der Waals surface area contributed by atoms with Crippen LogP contribution in [-0.4, -0.2) is 40.3 Å². The first-order chi connectivity index (χ1) is 10.8. The van der Waals surface area contributed by atoms with Crippen LogP contribution in [0.25, 0.3) is 0 Å². The highest BCUT2D eigenvalue weighted by Crippen LogP contribution is 2.15. The Hall–Kier alpha value is -1.65. The Kier molecular flexibility index (Phi) is 5.24. The van der Waals surface area contributed by atoms with Crippen molar-refractivity contribution in [2.45, 2.75) is 31.9 Å². The second kappa shape index (κ2) is 7.56. The first kappa shape index (κ1) is 15.3. The smallest absolute Gasteiger partial charge is 0.122 e. The zero-order valence-corrected chi connectivity index (χ0v) is 13.3. The van der Waals surface area contributed by atoms with Crippen LogP contribution in [0, 0.1) is 0 Å². The minimum absolute atomic E-state index is 0.359. The fraction of sp³-hybridized carbons (Fsp3) is 0.500. The molecule has 1 atom stereocenters. The van der Waals surface area contributed by atoms with E-state index in [1.165, 1.54) is 12.0 Å². The number of hydrogen-bond donors (Lipinski definition) is 0. The van der Waals surface area contributed by atoms with Gasteiger partial charge in [-0.25, -0.2) is 4.98 Å². The van der Waals surface area contributed by atoms with Gasteiger partial charge >= 0.3 is 0 Å². The Morgan fingerprint density at radius 3 is 2.91 bits per heavy atom. The van der Waals surface area contributed by atoms with Gasteiger partial charge in [0.1, 0.15) is 5.82 Å². The van der Waals surface area contributed by atoms with Crippen LogP contribution in [0.4, 0.5) is 0 Å². The van der Waals surface area contributed by atoms with E-state index < -0.39 is 0 Å². The minimum Gasteiger partial charge on any atom is -0.376 e. The maximum Gasteiger partial charge on any atom is 0.122 e. The van der Waals surface area contributed by atoms with E-state index in [4.69, 9.17) is 4.74 Å². The Bertz CT molecular complexity index is 567. The highest BCUT2D eigenvalue weighted by molar-refractivity contribution is 5.14. The lowest BCUT2D eigenvalue weighted by Crippen LogP contribution is -2.42. The van der Waals surface area contributed by atoms with Gasteiger partial charge in [0, 0.05) is 32.5 Å². The van der Waals surface area contributed by atoms with E-state index in [1.54, 1.807) is 0 Å². The molecule has 2 heterocycles. The van der Waals surface area contributed by atoms with Gasteiger partial charge in [-0.05, 0) is 24.8 Å². The molecule has 1 fully saturated rings. The Morgan fingerprint density at radius 1 is 1.27 bits per heavy atom. The normalized spacial score (nSPS) is 19.4. The lowest BCUT2D eigenvalue weighted by Gasteiger charge is -2.32. The summed E-state index contributed by atoms with van der Waals surface area (Å²) >= 11 is 0. The van der Waals surface area contributed by atoms with Crippen LogP contribution >= 0.6 is 0 Å². The average molecular weight is 299 g/mol. The molecular weight excluding hydrogens is 274 g/mol. The third-order valence-corrected chi connectivity index (χ3v) is 4.34. The van der Waals surface area contributed by atoms with Crippen LogP contribution in [0.5, 0.6) is 0 Å². The van der Waals surface area contributed by atoms with Crippen LogP contribution in [0.2, 0.25) is 0 Å². The summed E-state index contributed by atoms with van der Waals surface area (Å²) in [6, 6.07) is 10.7. The summed E-state index contributed by atoms with van der Waals surface area (Å²) in [7, 11) is 2.06. The maximum absolute atomic E-state index is 5.93. The Balaban J connectivity index is 1.43. The summed E-state index contributed by atoms with van der Waals surface area (Å²) in [5.74, 6) is 1.13. The number of morpholine rings is 1. The van der Waals surface area contributed by atoms with Crippen LogP contribution < -0.4 is 0 Å². The molecule has 2 aromatic rings. The van der Waals surface area contributed by atoms with E-state index in [-0.39, 0.29) is 0 Å². The van der Waals surface area contributed by atoms with Crippen molar-refractivity contribution >= 4 is 0 Å². The first-order valence-electron chi connectivity index (χ1n) is 8.15. The highest BCUT2D eigenvalue weighted by atomic mass is 16.5. The molecule has 1 saturated heterocycles. The van der Waals surface area contributed by atoms with Crippen molar-refractivity contribution in [1.29, 1.82) is 0 Å². The fourth-order valence-corrected chi connectivity index (χ4v) is 3.03. The molecule has 1 aromatic carbocycles. The van der Waals surface area contributed by atoms with E-state index >= 15 is 0 Å². The molecule has 3 rings (SSSR count). The van der Waals surface area contributed by atoms with Crippen molar-refractivity contribution in [3.63, 3.8) is 0 Å². The van der Waals surface area contributed by atoms with Gasteiger partial charge < -0.3 is 9.30 Å². The summed E-state index contributed by atoms with van der Waals surface area (Å²) < 4.78 is 8.02. The predicted molar refractivity (Wildman–Crippen MR) is 87.6 cm³/mol. The topological polar surface area (TPSA) is 30.3 Å². The van der Waals surface area contributed by atoms with Crippen molar-refractivity contribution in [2.75, 3.05) is 19.7 Å². The number of aromatic nitrogens is 2. The molecule has 0 spiro atoms. The summed E-state index contributed by atoms with van der Waals surface area (Å²) in [4.78, 5) is 6.87. The van der Waals surface area contributed by atoms with E-state index in [0.29, 0.717) is 6.10 Å². The van der Waals surface area contributed by atoms with Gasteiger partial charge in [0.15, 0.2) is 0 Å². The summed E-state index contributed by atoms with van der Waals surface area (Å²) in [6.45, 7) is 3.77. The number of rotatable bonds is 6. The van der Waals surface area contributed by atoms with Crippen LogP contribution in [-0.2, 0) is 24.8 Å². The molecule has 118 valence electrons. The molecule has 0 amide bonds. The van der Waals surface area contributed by atoms with E-state index in [0.717, 1.165) is 44.9 Å². The quantitative estimate of drug-likeness (QED) is 0.821. The van der Waals surface area contributed by atoms with Crippen molar-refractivity contribution in [3.8, 4) is 0 Å². The molecule has 0 saturated carbocycles. The summed E-state index contributed by atoms with van der Waals surface area (Å²) in [5.41, 5.74) is 1.42. The minimum atomic E-state index is 0.359. The standard InChI is InChI=1S/C18H25N3O/c1-20-11-10-19-18(20)15-21-12-13-22-17(14-21)9-5-8-16-6-3-2-4-7-16/h2-4,6-7,10-11,17H,5,8-9,12-15H2,1H3/t17-/m0/s1. The van der Waals surface area contributed by atoms with Gasteiger partial charge in [0.2, 0.25) is 0 Å². The lowest BCUT2D eigenvalue weighted by molar-refractivity contribution is -0.0364. The van der Waals surface area contributed by atoms with Gasteiger partial charge in [-0.2, -0.15) is 0 Å². The molecule has 0 radical (unpaired) electrons. The molecule has 1 aliphatic heterocycles. The number of hydrogen-bond acceptors (Lipinski definition) is 3. The van der Waals surface area contributed by atoms with E-state index in [2.05, 4.69) is 51.8 Å². The Morgan fingerprint density at radius 2 is 2.14 bits per heavy atom. The second-order valence-electron chi connectivity index (χ2n) is 6.06. The average Bonchev–Trinajstić information content (AvgIpc) is 2.94. The molecule has 0 N–H and O–H groups in total. The third kappa shape index (κ3) is 4.18. The zero-order chi connectivity index (χ0) is 15.2. The van der Waals surface area contributed by atoms with E-state index in [9.17, 15) is 0 Å². The second-order valence-corrected chi connectivity index (χ2v) is 6.06. The van der Waals surface area contributed by atoms with E-state index in [1.807, 2.05) is 12.4 Å². The van der Waals surface area contributed by atoms with Gasteiger partial charge in [0.05, 0.1) is 19.3 Å². The largest absolute Gasteiger partial charge is 0.376 e. The molecule has 0 unspecified atom stereocenters. The molecule has 0 bridgehead atoms. The third-order valence-electron chi connectivity index (χ3n) is 4.34. The van der Waals surface area contributed by atoms with Crippen molar-refractivity contribution < 1.29 is 4.74 Å². The number of aryl methyl sites for hydroxylation is 2. The maximum atomic E-state index is 5.93. The monoisotopic (exact) mass is 299 g/mol. The molecule has 22 heavy (non-hydrogen) atoms. The number of imidazole rings is 1. The number of nitrogens with zero attached hydrogens (tertiary/aromatic N) is 3. The predicted octanol–water partition coefficient (Wildman–Crippen LogP) is 2.64. The molecule has 0 aliphatic carbocycles. The lowest BCUT2D eigenvalue weighted by atomic mass is 10.1. The van der Waals surface area contributed by atoms with Crippen LogP contribution in [0.3, 0.4) is 0 Å².